The molecule has 0 radical (unpaired) electrons. The van der Waals surface area contributed by atoms with Crippen LogP contribution >= 0.6 is 0 Å². The summed E-state index contributed by atoms with van der Waals surface area (Å²) in [5.74, 6) is -7.62. The highest BCUT2D eigenvalue weighted by Crippen LogP contribution is 2.37. The van der Waals surface area contributed by atoms with Crippen molar-refractivity contribution in [2.45, 2.75) is 186 Å². The monoisotopic (exact) mass is 902 g/mol. The molecule has 3 aliphatic heterocycles. The molecule has 362 valence electrons. The minimum absolute atomic E-state index is 0.0936. The van der Waals surface area contributed by atoms with Crippen LogP contribution in [0, 0.1) is 35.5 Å². The van der Waals surface area contributed by atoms with Crippen LogP contribution in [-0.4, -0.2) is 132 Å². The second-order valence-corrected chi connectivity index (χ2v) is 19.5. The number of rotatable bonds is 6. The standard InChI is InChI=1S/C50H79NO13/c1-30-16-12-10-11-13-17-37(60-7)28-38-21-19-35(6)50(59,64-38)47(56)48(57)51-23-15-14-18-39(51)49(58)63-42(32(3)26-36-20-22-40(52)43(27-36)61-8)29-41(53)31(2)25-34(5)45(55)46(62-9)44(54)33(4)24-30/h10-11,13,17,25,30-33,35-40,42-43,45-46,52,55,59H,12,14-16,18-24,26-29H2,1-9H3/b11-10-,17-13+,34-25-/t30-,31-,32-,33-,35-,36-,37-,38+,39+,40-,42+,43-,45-,46+,50-/m1/s1. The fourth-order valence-electron chi connectivity index (χ4n) is 10.1. The summed E-state index contributed by atoms with van der Waals surface area (Å²) in [6.07, 6.45) is 11.2. The third-order valence-electron chi connectivity index (χ3n) is 14.4. The number of hydrogen-bond donors (Lipinski definition) is 3. The molecule has 2 saturated heterocycles. The van der Waals surface area contributed by atoms with Crippen molar-refractivity contribution >= 4 is 29.2 Å². The molecule has 1 saturated carbocycles. The van der Waals surface area contributed by atoms with E-state index >= 15 is 0 Å². The zero-order valence-corrected chi connectivity index (χ0v) is 39.9. The topological polar surface area (TPSA) is 195 Å². The zero-order chi connectivity index (χ0) is 47.3. The molecule has 64 heavy (non-hydrogen) atoms. The number of ether oxygens (including phenoxy) is 5. The van der Waals surface area contributed by atoms with E-state index < -0.39 is 77.9 Å². The Morgan fingerprint density at radius 2 is 1.61 bits per heavy atom. The first-order chi connectivity index (χ1) is 30.3. The lowest BCUT2D eigenvalue weighted by Gasteiger charge is -2.42. The van der Waals surface area contributed by atoms with Crippen molar-refractivity contribution in [3.05, 3.63) is 36.0 Å². The minimum atomic E-state index is -2.41. The summed E-state index contributed by atoms with van der Waals surface area (Å²) in [5.41, 5.74) is 0.400. The number of Topliss-reactive ketones (excluding diaryl/α,β-unsaturated/α-hetero) is 3. The van der Waals surface area contributed by atoms with Gasteiger partial charge in [0.25, 0.3) is 11.7 Å². The van der Waals surface area contributed by atoms with E-state index in [1.165, 1.54) is 12.0 Å². The lowest BCUT2D eigenvalue weighted by molar-refractivity contribution is -0.265. The molecule has 0 unspecified atom stereocenters. The predicted molar refractivity (Wildman–Crippen MR) is 241 cm³/mol. The van der Waals surface area contributed by atoms with Crippen molar-refractivity contribution in [3.63, 3.8) is 0 Å². The molecule has 0 aromatic rings. The molecular weight excluding hydrogens is 823 g/mol. The molecule has 3 fully saturated rings. The normalized spacial score (nSPS) is 40.1. The van der Waals surface area contributed by atoms with Crippen molar-refractivity contribution in [2.24, 2.45) is 35.5 Å². The third kappa shape index (κ3) is 14.2. The van der Waals surface area contributed by atoms with Gasteiger partial charge in [-0.1, -0.05) is 65.0 Å². The highest BCUT2D eigenvalue weighted by Gasteiger charge is 2.53. The number of carbonyl (C=O) groups is 5. The molecule has 0 aromatic heterocycles. The zero-order valence-electron chi connectivity index (χ0n) is 39.9. The summed E-state index contributed by atoms with van der Waals surface area (Å²) in [7, 11) is 4.53. The molecule has 2 bridgehead atoms. The van der Waals surface area contributed by atoms with E-state index in [1.54, 1.807) is 41.1 Å². The maximum absolute atomic E-state index is 14.3. The van der Waals surface area contributed by atoms with E-state index in [-0.39, 0.29) is 60.7 Å². The Hall–Kier alpha value is -3.11. The van der Waals surface area contributed by atoms with Gasteiger partial charge in [-0.05, 0) is 107 Å². The van der Waals surface area contributed by atoms with Gasteiger partial charge >= 0.3 is 5.97 Å². The van der Waals surface area contributed by atoms with Crippen molar-refractivity contribution in [1.82, 2.24) is 4.90 Å². The number of nitrogens with zero attached hydrogens (tertiary/aromatic N) is 1. The molecule has 4 rings (SSSR count). The first-order valence-electron chi connectivity index (χ1n) is 23.8. The van der Waals surface area contributed by atoms with E-state index in [9.17, 15) is 39.3 Å². The van der Waals surface area contributed by atoms with Crippen molar-refractivity contribution in [3.8, 4) is 0 Å². The van der Waals surface area contributed by atoms with Crippen LogP contribution in [0.3, 0.4) is 0 Å². The number of fused-ring (bicyclic) bond motifs is 3. The van der Waals surface area contributed by atoms with Crippen LogP contribution in [0.15, 0.2) is 36.0 Å². The fourth-order valence-corrected chi connectivity index (χ4v) is 10.1. The Bertz CT molecular complexity index is 1660. The molecule has 14 nitrogen and oxygen atoms in total. The number of aliphatic hydroxyl groups is 3. The number of amides is 1. The van der Waals surface area contributed by atoms with Gasteiger partial charge in [-0.25, -0.2) is 4.79 Å². The van der Waals surface area contributed by atoms with E-state index in [2.05, 4.69) is 6.92 Å². The van der Waals surface area contributed by atoms with Gasteiger partial charge < -0.3 is 43.9 Å². The molecule has 4 aliphatic rings. The van der Waals surface area contributed by atoms with Crippen molar-refractivity contribution < 1.29 is 63.0 Å². The van der Waals surface area contributed by atoms with Crippen LogP contribution in [0.1, 0.15) is 131 Å². The molecule has 1 aliphatic carbocycles. The summed E-state index contributed by atoms with van der Waals surface area (Å²) in [5, 5.41) is 33.8. The fraction of sp³-hybridized carbons (Fsp3) is 0.780. The Kier molecular flexibility index (Phi) is 21.0. The molecule has 15 atom stereocenters. The van der Waals surface area contributed by atoms with Crippen LogP contribution in [0.2, 0.25) is 0 Å². The van der Waals surface area contributed by atoms with E-state index in [4.69, 9.17) is 23.7 Å². The van der Waals surface area contributed by atoms with Gasteiger partial charge in [-0.3, -0.25) is 19.2 Å². The summed E-state index contributed by atoms with van der Waals surface area (Å²) in [6, 6.07) is -1.13. The first-order valence-corrected chi connectivity index (χ1v) is 23.8. The maximum Gasteiger partial charge on any atom is 0.329 e. The maximum atomic E-state index is 14.3. The highest BCUT2D eigenvalue weighted by molar-refractivity contribution is 6.39. The molecule has 3 N–H and O–H groups in total. The number of esters is 1. The number of aliphatic hydroxyl groups excluding tert-OH is 2. The van der Waals surface area contributed by atoms with Crippen LogP contribution in [0.4, 0.5) is 0 Å². The predicted octanol–water partition coefficient (Wildman–Crippen LogP) is 6.01. The van der Waals surface area contributed by atoms with Crippen molar-refractivity contribution in [1.29, 1.82) is 0 Å². The van der Waals surface area contributed by atoms with Crippen LogP contribution < -0.4 is 0 Å². The second-order valence-electron chi connectivity index (χ2n) is 19.5. The number of cyclic esters (lactones) is 1. The SMILES string of the molecule is CO[C@@H]1/C=C/C=C\CC[C@@H](C)C[C@@H](C)C(=O)[C@H](OC)[C@H](O)/C(C)=C\[C@@H](C)C(=O)C[C@@H]([C@H](C)C[C@H]2CC[C@@H](O)[C@H](OC)C2)OC(=O)[C@@H]2CCCCN2C(=O)C(=O)[C@]2(O)O[C@@H](CC[C@H]2C)C1. The van der Waals surface area contributed by atoms with Gasteiger partial charge in [-0.2, -0.15) is 0 Å². The van der Waals surface area contributed by atoms with Gasteiger partial charge in [-0.15, -0.1) is 0 Å². The van der Waals surface area contributed by atoms with Crippen LogP contribution in [-0.2, 0) is 47.7 Å². The molecule has 1 amide bonds. The highest BCUT2D eigenvalue weighted by atomic mass is 16.6. The van der Waals surface area contributed by atoms with Crippen LogP contribution in [0.5, 0.6) is 0 Å². The number of allylic oxidation sites excluding steroid dienone is 4. The molecule has 14 heteroatoms. The van der Waals surface area contributed by atoms with Gasteiger partial charge in [0.05, 0.1) is 24.4 Å². The number of methoxy groups -OCH3 is 3. The lowest BCUT2D eigenvalue weighted by atomic mass is 9.78. The quantitative estimate of drug-likeness (QED) is 0.159. The van der Waals surface area contributed by atoms with Crippen molar-refractivity contribution in [2.75, 3.05) is 27.9 Å². The summed E-state index contributed by atoms with van der Waals surface area (Å²) >= 11 is 0. The number of carbonyl (C=O) groups excluding carboxylic acids is 5. The van der Waals surface area contributed by atoms with Gasteiger partial charge in [0, 0.05) is 58.5 Å². The molecule has 0 spiro atoms. The second kappa shape index (κ2) is 25.1. The Morgan fingerprint density at radius 3 is 2.30 bits per heavy atom. The number of piperidine rings is 1. The Balaban J connectivity index is 1.67. The lowest BCUT2D eigenvalue weighted by Crippen LogP contribution is -2.60. The average molecular weight is 902 g/mol. The Labute approximate surface area is 381 Å². The molecular formula is C50H79NO13. The van der Waals surface area contributed by atoms with Gasteiger partial charge in [0.1, 0.15) is 30.1 Å². The first kappa shape index (κ1) is 53.5. The minimum Gasteiger partial charge on any atom is -0.460 e. The summed E-state index contributed by atoms with van der Waals surface area (Å²) < 4.78 is 29.2. The van der Waals surface area contributed by atoms with Crippen LogP contribution in [0.25, 0.3) is 0 Å². The largest absolute Gasteiger partial charge is 0.460 e. The van der Waals surface area contributed by atoms with Gasteiger partial charge in [0.2, 0.25) is 5.79 Å². The van der Waals surface area contributed by atoms with E-state index in [0.29, 0.717) is 63.4 Å². The van der Waals surface area contributed by atoms with E-state index in [0.717, 1.165) is 19.3 Å². The smallest absolute Gasteiger partial charge is 0.329 e. The van der Waals surface area contributed by atoms with E-state index in [1.807, 2.05) is 38.2 Å². The number of ketones is 3. The molecule has 0 aromatic carbocycles. The number of hydrogen-bond acceptors (Lipinski definition) is 13. The third-order valence-corrected chi connectivity index (χ3v) is 14.4. The Morgan fingerprint density at radius 1 is 0.875 bits per heavy atom. The summed E-state index contributed by atoms with van der Waals surface area (Å²) in [6.45, 7) is 11.0. The average Bonchev–Trinajstić information content (AvgIpc) is 3.27. The summed E-state index contributed by atoms with van der Waals surface area (Å²) in [4.78, 5) is 71.6. The van der Waals surface area contributed by atoms with Gasteiger partial charge in [0.15, 0.2) is 5.78 Å². The molecule has 3 heterocycles.